The molecule has 0 heterocycles. The molecule has 1 saturated carbocycles. The lowest BCUT2D eigenvalue weighted by Crippen LogP contribution is -2.29. The van der Waals surface area contributed by atoms with Crippen molar-refractivity contribution in [2.45, 2.75) is 64.7 Å². The zero-order chi connectivity index (χ0) is 14.7. The van der Waals surface area contributed by atoms with Gasteiger partial charge in [0.05, 0.1) is 13.2 Å². The summed E-state index contributed by atoms with van der Waals surface area (Å²) in [6.45, 7) is 4.54. The van der Waals surface area contributed by atoms with Crippen molar-refractivity contribution < 1.29 is 9.47 Å². The van der Waals surface area contributed by atoms with Gasteiger partial charge in [0.25, 0.3) is 0 Å². The highest BCUT2D eigenvalue weighted by molar-refractivity contribution is 6.18. The lowest BCUT2D eigenvalue weighted by atomic mass is 9.68. The molecule has 0 saturated heterocycles. The highest BCUT2D eigenvalue weighted by atomic mass is 35.5. The van der Waals surface area contributed by atoms with Crippen LogP contribution in [-0.2, 0) is 9.47 Å². The molecule has 20 heavy (non-hydrogen) atoms. The lowest BCUT2D eigenvalue weighted by molar-refractivity contribution is 0.0596. The maximum Gasteiger partial charge on any atom is 0.0700 e. The van der Waals surface area contributed by atoms with Crippen LogP contribution >= 0.6 is 11.6 Å². The highest BCUT2D eigenvalue weighted by Crippen LogP contribution is 2.44. The molecule has 0 amide bonds. The van der Waals surface area contributed by atoms with Crippen LogP contribution in [0.3, 0.4) is 0 Å². The van der Waals surface area contributed by atoms with Gasteiger partial charge in [-0.25, -0.2) is 0 Å². The summed E-state index contributed by atoms with van der Waals surface area (Å²) in [5.74, 6) is 1.79. The summed E-state index contributed by atoms with van der Waals surface area (Å²) in [5.41, 5.74) is 0.398. The average Bonchev–Trinajstić information content (AvgIpc) is 2.50. The van der Waals surface area contributed by atoms with Crippen LogP contribution in [0.4, 0.5) is 0 Å². The molecule has 3 heteroatoms. The van der Waals surface area contributed by atoms with E-state index in [2.05, 4.69) is 6.92 Å². The summed E-state index contributed by atoms with van der Waals surface area (Å²) < 4.78 is 10.5. The van der Waals surface area contributed by atoms with Gasteiger partial charge in [-0.1, -0.05) is 26.2 Å². The Morgan fingerprint density at radius 3 is 2.45 bits per heavy atom. The van der Waals surface area contributed by atoms with Gasteiger partial charge in [0.2, 0.25) is 0 Å². The van der Waals surface area contributed by atoms with Gasteiger partial charge in [0.1, 0.15) is 0 Å². The third kappa shape index (κ3) is 6.78. The second kappa shape index (κ2) is 10.9. The van der Waals surface area contributed by atoms with Crippen LogP contribution in [-0.4, -0.2) is 32.8 Å². The molecule has 120 valence electrons. The van der Waals surface area contributed by atoms with Gasteiger partial charge >= 0.3 is 0 Å². The van der Waals surface area contributed by atoms with Crippen LogP contribution in [0.15, 0.2) is 0 Å². The van der Waals surface area contributed by atoms with Crippen LogP contribution in [0.5, 0.6) is 0 Å². The van der Waals surface area contributed by atoms with E-state index in [0.29, 0.717) is 18.6 Å². The number of alkyl halides is 1. The van der Waals surface area contributed by atoms with E-state index in [-0.39, 0.29) is 0 Å². The summed E-state index contributed by atoms with van der Waals surface area (Å²) >= 11 is 6.29. The molecule has 0 unspecified atom stereocenters. The second-order valence-corrected chi connectivity index (χ2v) is 6.70. The minimum absolute atomic E-state index is 0.398. The Labute approximate surface area is 130 Å². The molecule has 0 aliphatic heterocycles. The van der Waals surface area contributed by atoms with E-state index in [9.17, 15) is 0 Å². The zero-order valence-electron chi connectivity index (χ0n) is 13.5. The average molecular weight is 305 g/mol. The lowest BCUT2D eigenvalue weighted by Gasteiger charge is -2.39. The fraction of sp³-hybridized carbons (Fsp3) is 1.00. The minimum atomic E-state index is 0.398. The number of halogens is 1. The second-order valence-electron chi connectivity index (χ2n) is 6.43. The third-order valence-corrected chi connectivity index (χ3v) is 5.41. The summed E-state index contributed by atoms with van der Waals surface area (Å²) in [5, 5.41) is 0. The Morgan fingerprint density at radius 1 is 1.10 bits per heavy atom. The Kier molecular flexibility index (Phi) is 9.92. The molecular formula is C17H33ClO2. The van der Waals surface area contributed by atoms with E-state index < -0.39 is 0 Å². The van der Waals surface area contributed by atoms with Gasteiger partial charge in [0.15, 0.2) is 0 Å². The smallest absolute Gasteiger partial charge is 0.0700 e. The van der Waals surface area contributed by atoms with E-state index in [4.69, 9.17) is 21.1 Å². The van der Waals surface area contributed by atoms with Crippen molar-refractivity contribution in [1.82, 2.24) is 0 Å². The molecule has 0 aromatic carbocycles. The molecule has 1 aliphatic rings. The topological polar surface area (TPSA) is 18.5 Å². The first-order valence-corrected chi connectivity index (χ1v) is 8.92. The molecule has 0 bridgehead atoms. The monoisotopic (exact) mass is 304 g/mol. The molecule has 0 radical (unpaired) electrons. The molecule has 1 rings (SSSR count). The molecule has 0 N–H and O–H groups in total. The number of hydrogen-bond acceptors (Lipinski definition) is 2. The molecule has 0 atom stereocenters. The van der Waals surface area contributed by atoms with Crippen LogP contribution in [0, 0.1) is 11.3 Å². The van der Waals surface area contributed by atoms with Crippen molar-refractivity contribution >= 4 is 11.6 Å². The predicted molar refractivity (Wildman–Crippen MR) is 86.6 cm³/mol. The van der Waals surface area contributed by atoms with Crippen molar-refractivity contribution in [2.75, 3.05) is 32.8 Å². The largest absolute Gasteiger partial charge is 0.382 e. The summed E-state index contributed by atoms with van der Waals surface area (Å²) in [7, 11) is 1.71. The van der Waals surface area contributed by atoms with Gasteiger partial charge in [-0.2, -0.15) is 0 Å². The summed E-state index contributed by atoms with van der Waals surface area (Å²) in [6.07, 6.45) is 11.9. The number of methoxy groups -OCH3 is 1. The van der Waals surface area contributed by atoms with Crippen molar-refractivity contribution in [3.8, 4) is 0 Å². The third-order valence-electron chi connectivity index (χ3n) is 4.84. The number of ether oxygens (including phenoxy) is 2. The van der Waals surface area contributed by atoms with Gasteiger partial charge < -0.3 is 9.47 Å². The maximum absolute atomic E-state index is 6.29. The standard InChI is InChI=1S/C17H33ClO2/c1-3-4-6-16-7-10-17(15-18,11-8-16)9-5-12-20-14-13-19-2/h16H,3-15H2,1-2H3. The van der Waals surface area contributed by atoms with E-state index in [1.165, 1.54) is 51.4 Å². The highest BCUT2D eigenvalue weighted by Gasteiger charge is 2.33. The molecule has 0 aromatic rings. The molecule has 1 fully saturated rings. The Morgan fingerprint density at radius 2 is 1.85 bits per heavy atom. The van der Waals surface area contributed by atoms with Gasteiger partial charge in [-0.05, 0) is 49.9 Å². The fourth-order valence-corrected chi connectivity index (χ4v) is 3.72. The number of hydrogen-bond donors (Lipinski definition) is 0. The van der Waals surface area contributed by atoms with E-state index in [1.54, 1.807) is 7.11 Å². The predicted octanol–water partition coefficient (Wildman–Crippen LogP) is 5.04. The first kappa shape index (κ1) is 18.3. The van der Waals surface area contributed by atoms with Crippen molar-refractivity contribution in [3.63, 3.8) is 0 Å². The van der Waals surface area contributed by atoms with Crippen LogP contribution < -0.4 is 0 Å². The van der Waals surface area contributed by atoms with Crippen molar-refractivity contribution in [1.29, 1.82) is 0 Å². The zero-order valence-corrected chi connectivity index (χ0v) is 14.2. The summed E-state index contributed by atoms with van der Waals surface area (Å²) in [4.78, 5) is 0. The van der Waals surface area contributed by atoms with Gasteiger partial charge in [-0.15, -0.1) is 11.6 Å². The van der Waals surface area contributed by atoms with Crippen LogP contribution in [0.1, 0.15) is 64.7 Å². The van der Waals surface area contributed by atoms with Gasteiger partial charge in [0, 0.05) is 19.6 Å². The Balaban J connectivity index is 2.17. The van der Waals surface area contributed by atoms with Crippen molar-refractivity contribution in [3.05, 3.63) is 0 Å². The Hall–Kier alpha value is 0.210. The molecular weight excluding hydrogens is 272 g/mol. The van der Waals surface area contributed by atoms with Crippen LogP contribution in [0.2, 0.25) is 0 Å². The molecule has 1 aliphatic carbocycles. The SMILES string of the molecule is CCCCC1CCC(CCl)(CCCOCCOC)CC1. The maximum atomic E-state index is 6.29. The molecule has 0 spiro atoms. The first-order valence-electron chi connectivity index (χ1n) is 8.39. The number of rotatable bonds is 11. The molecule has 2 nitrogen and oxygen atoms in total. The van der Waals surface area contributed by atoms with E-state index in [1.807, 2.05) is 0 Å². The number of unbranched alkanes of at least 4 members (excludes halogenated alkanes) is 1. The van der Waals surface area contributed by atoms with E-state index in [0.717, 1.165) is 24.8 Å². The van der Waals surface area contributed by atoms with Crippen LogP contribution in [0.25, 0.3) is 0 Å². The Bertz CT molecular complexity index is 225. The molecule has 0 aromatic heterocycles. The quantitative estimate of drug-likeness (QED) is 0.393. The fourth-order valence-electron chi connectivity index (χ4n) is 3.32. The van der Waals surface area contributed by atoms with Crippen molar-refractivity contribution in [2.24, 2.45) is 11.3 Å². The minimum Gasteiger partial charge on any atom is -0.382 e. The van der Waals surface area contributed by atoms with E-state index >= 15 is 0 Å². The normalized spacial score (nSPS) is 26.9. The van der Waals surface area contributed by atoms with Gasteiger partial charge in [-0.3, -0.25) is 0 Å². The summed E-state index contributed by atoms with van der Waals surface area (Å²) in [6, 6.07) is 0. The first-order chi connectivity index (χ1) is 9.76.